The van der Waals surface area contributed by atoms with Gasteiger partial charge in [0.25, 0.3) is 5.56 Å². The maximum Gasteiger partial charge on any atom is 0.262 e. The van der Waals surface area contributed by atoms with Gasteiger partial charge in [0.1, 0.15) is 0 Å². The summed E-state index contributed by atoms with van der Waals surface area (Å²) in [6.45, 7) is 0. The molecule has 0 unspecified atom stereocenters. The van der Waals surface area contributed by atoms with E-state index in [2.05, 4.69) is 4.98 Å². The van der Waals surface area contributed by atoms with Crippen molar-refractivity contribution < 1.29 is 4.74 Å². The molecule has 0 fully saturated rings. The first-order valence-corrected chi connectivity index (χ1v) is 6.26. The standard InChI is InChI=1S/C12H12N2O2S/c1-16-10-8-11(15)14(12(13-10)17-2)9-6-4-3-5-7-9/h3-8H,1-2H3. The summed E-state index contributed by atoms with van der Waals surface area (Å²) >= 11 is 1.41. The van der Waals surface area contributed by atoms with Crippen LogP contribution in [0.2, 0.25) is 0 Å². The third-order valence-corrected chi connectivity index (χ3v) is 2.91. The van der Waals surface area contributed by atoms with Crippen LogP contribution in [0.1, 0.15) is 0 Å². The Balaban J connectivity index is 2.65. The van der Waals surface area contributed by atoms with Crippen molar-refractivity contribution in [2.45, 2.75) is 5.16 Å². The van der Waals surface area contributed by atoms with Crippen molar-refractivity contribution in [1.82, 2.24) is 9.55 Å². The van der Waals surface area contributed by atoms with Crippen molar-refractivity contribution in [3.63, 3.8) is 0 Å². The minimum absolute atomic E-state index is 0.146. The summed E-state index contributed by atoms with van der Waals surface area (Å²) in [5.41, 5.74) is 0.657. The van der Waals surface area contributed by atoms with Crippen molar-refractivity contribution in [2.75, 3.05) is 13.4 Å². The van der Waals surface area contributed by atoms with Crippen LogP contribution in [0.4, 0.5) is 0 Å². The molecule has 0 saturated heterocycles. The summed E-state index contributed by atoms with van der Waals surface area (Å²) in [5, 5.41) is 0.612. The largest absolute Gasteiger partial charge is 0.481 e. The third-order valence-electron chi connectivity index (χ3n) is 2.27. The Morgan fingerprint density at radius 2 is 2.00 bits per heavy atom. The van der Waals surface area contributed by atoms with Crippen LogP contribution in [0.5, 0.6) is 5.88 Å². The molecule has 0 amide bonds. The molecule has 0 bridgehead atoms. The van der Waals surface area contributed by atoms with Gasteiger partial charge in [-0.3, -0.25) is 9.36 Å². The van der Waals surface area contributed by atoms with E-state index in [0.717, 1.165) is 5.69 Å². The van der Waals surface area contributed by atoms with E-state index in [4.69, 9.17) is 4.74 Å². The van der Waals surface area contributed by atoms with Gasteiger partial charge in [-0.05, 0) is 18.4 Å². The van der Waals surface area contributed by atoms with Gasteiger partial charge in [-0.2, -0.15) is 4.98 Å². The van der Waals surface area contributed by atoms with Gasteiger partial charge in [0.15, 0.2) is 5.16 Å². The van der Waals surface area contributed by atoms with Crippen molar-refractivity contribution in [3.8, 4) is 11.6 Å². The highest BCUT2D eigenvalue weighted by atomic mass is 32.2. The van der Waals surface area contributed by atoms with Gasteiger partial charge >= 0.3 is 0 Å². The van der Waals surface area contributed by atoms with Crippen molar-refractivity contribution >= 4 is 11.8 Å². The molecule has 1 heterocycles. The predicted octanol–water partition coefficient (Wildman–Crippen LogP) is 1.96. The lowest BCUT2D eigenvalue weighted by Crippen LogP contribution is -2.20. The monoisotopic (exact) mass is 248 g/mol. The van der Waals surface area contributed by atoms with Gasteiger partial charge in [0, 0.05) is 0 Å². The third kappa shape index (κ3) is 2.34. The van der Waals surface area contributed by atoms with E-state index in [1.165, 1.54) is 24.9 Å². The van der Waals surface area contributed by atoms with E-state index in [9.17, 15) is 4.79 Å². The fourth-order valence-corrected chi connectivity index (χ4v) is 2.06. The summed E-state index contributed by atoms with van der Waals surface area (Å²) < 4.78 is 6.55. The maximum absolute atomic E-state index is 12.0. The minimum atomic E-state index is -0.146. The van der Waals surface area contributed by atoms with E-state index in [1.807, 2.05) is 36.6 Å². The highest BCUT2D eigenvalue weighted by molar-refractivity contribution is 7.98. The Hall–Kier alpha value is -1.75. The van der Waals surface area contributed by atoms with Gasteiger partial charge in [-0.15, -0.1) is 0 Å². The summed E-state index contributed by atoms with van der Waals surface area (Å²) in [7, 11) is 1.50. The summed E-state index contributed by atoms with van der Waals surface area (Å²) in [5.74, 6) is 0.339. The zero-order valence-electron chi connectivity index (χ0n) is 9.58. The van der Waals surface area contributed by atoms with Crippen molar-refractivity contribution in [1.29, 1.82) is 0 Å². The summed E-state index contributed by atoms with van der Waals surface area (Å²) in [4.78, 5) is 16.3. The van der Waals surface area contributed by atoms with Gasteiger partial charge in [0.2, 0.25) is 5.88 Å². The van der Waals surface area contributed by atoms with E-state index in [1.54, 1.807) is 4.57 Å². The highest BCUT2D eigenvalue weighted by Crippen LogP contribution is 2.17. The molecule has 0 radical (unpaired) electrons. The second kappa shape index (κ2) is 5.05. The number of benzene rings is 1. The van der Waals surface area contributed by atoms with E-state index in [0.29, 0.717) is 11.0 Å². The minimum Gasteiger partial charge on any atom is -0.481 e. The van der Waals surface area contributed by atoms with Gasteiger partial charge < -0.3 is 4.74 Å². The van der Waals surface area contributed by atoms with Crippen LogP contribution in [0.3, 0.4) is 0 Å². The van der Waals surface area contributed by atoms with Crippen LogP contribution in [-0.4, -0.2) is 22.9 Å². The predicted molar refractivity (Wildman–Crippen MR) is 68.2 cm³/mol. The second-order valence-corrected chi connectivity index (χ2v) is 4.07. The molecule has 2 rings (SSSR count). The van der Waals surface area contributed by atoms with E-state index >= 15 is 0 Å². The number of thioether (sulfide) groups is 1. The lowest BCUT2D eigenvalue weighted by atomic mass is 10.3. The number of rotatable bonds is 3. The zero-order valence-corrected chi connectivity index (χ0v) is 10.4. The first-order valence-electron chi connectivity index (χ1n) is 5.03. The van der Waals surface area contributed by atoms with Gasteiger partial charge in [-0.1, -0.05) is 30.0 Å². The number of hydrogen-bond acceptors (Lipinski definition) is 4. The molecule has 1 aromatic heterocycles. The topological polar surface area (TPSA) is 44.1 Å². The molecule has 0 aliphatic heterocycles. The lowest BCUT2D eigenvalue weighted by Gasteiger charge is -2.10. The Morgan fingerprint density at radius 1 is 1.29 bits per heavy atom. The Bertz CT molecular complexity index is 566. The molecule has 2 aromatic rings. The smallest absolute Gasteiger partial charge is 0.262 e. The second-order valence-electron chi connectivity index (χ2n) is 3.29. The summed E-state index contributed by atoms with van der Waals surface area (Å²) in [6, 6.07) is 10.8. The van der Waals surface area contributed by atoms with Crippen molar-refractivity contribution in [2.24, 2.45) is 0 Å². The summed E-state index contributed by atoms with van der Waals surface area (Å²) in [6.07, 6.45) is 1.88. The van der Waals surface area contributed by atoms with Crippen LogP contribution < -0.4 is 10.3 Å². The fraction of sp³-hybridized carbons (Fsp3) is 0.167. The molecule has 5 heteroatoms. The average molecular weight is 248 g/mol. The molecular weight excluding hydrogens is 236 g/mol. The Labute approximate surface area is 103 Å². The van der Waals surface area contributed by atoms with Crippen LogP contribution in [0, 0.1) is 0 Å². The number of nitrogens with zero attached hydrogens (tertiary/aromatic N) is 2. The first-order chi connectivity index (χ1) is 8.26. The zero-order chi connectivity index (χ0) is 12.3. The van der Waals surface area contributed by atoms with Crippen LogP contribution in [-0.2, 0) is 0 Å². The van der Waals surface area contributed by atoms with Gasteiger partial charge in [0.05, 0.1) is 18.9 Å². The molecular formula is C12H12N2O2S. The Morgan fingerprint density at radius 3 is 2.59 bits per heavy atom. The average Bonchev–Trinajstić information content (AvgIpc) is 2.38. The molecule has 0 spiro atoms. The van der Waals surface area contributed by atoms with Gasteiger partial charge in [-0.25, -0.2) is 0 Å². The number of hydrogen-bond donors (Lipinski definition) is 0. The first kappa shape index (κ1) is 11.7. The molecule has 1 aromatic carbocycles. The molecule has 0 atom stereocenters. The number of para-hydroxylation sites is 1. The molecule has 88 valence electrons. The van der Waals surface area contributed by atoms with Crippen LogP contribution in [0.15, 0.2) is 46.3 Å². The van der Waals surface area contributed by atoms with E-state index < -0.39 is 0 Å². The Kier molecular flexibility index (Phi) is 3.49. The molecule has 0 aliphatic rings. The van der Waals surface area contributed by atoms with Crippen molar-refractivity contribution in [3.05, 3.63) is 46.8 Å². The molecule has 4 nitrogen and oxygen atoms in total. The van der Waals surface area contributed by atoms with Crippen LogP contribution in [0.25, 0.3) is 5.69 Å². The molecule has 17 heavy (non-hydrogen) atoms. The lowest BCUT2D eigenvalue weighted by molar-refractivity contribution is 0.389. The molecule has 0 aliphatic carbocycles. The number of aromatic nitrogens is 2. The normalized spacial score (nSPS) is 10.2. The number of methoxy groups -OCH3 is 1. The SMILES string of the molecule is COc1cc(=O)n(-c2ccccc2)c(SC)n1. The van der Waals surface area contributed by atoms with Crippen LogP contribution >= 0.6 is 11.8 Å². The molecule has 0 N–H and O–H groups in total. The quantitative estimate of drug-likeness (QED) is 0.615. The fourth-order valence-electron chi connectivity index (χ4n) is 1.50. The highest BCUT2D eigenvalue weighted by Gasteiger charge is 2.09. The molecule has 0 saturated carbocycles. The van der Waals surface area contributed by atoms with E-state index in [-0.39, 0.29) is 5.56 Å². The maximum atomic E-state index is 12.0. The number of ether oxygens (including phenoxy) is 1.